The fourth-order valence-electron chi connectivity index (χ4n) is 1.68. The highest BCUT2D eigenvalue weighted by atomic mass is 79.9. The topological polar surface area (TPSA) is 55.2 Å². The maximum absolute atomic E-state index is 13.6. The summed E-state index contributed by atoms with van der Waals surface area (Å²) in [5.74, 6) is -2.76. The summed E-state index contributed by atoms with van der Waals surface area (Å²) in [6.45, 7) is -0.222. The standard InChI is InChI=1S/C13H8BrF3N2O2/c14-8-1-2-9(15)12(4-8)18-6-7-3-13(19(20)21)11(17)5-10(7)16/h1-5,18H,6H2. The van der Waals surface area contributed by atoms with Gasteiger partial charge in [-0.3, -0.25) is 10.1 Å². The van der Waals surface area contributed by atoms with Crippen LogP contribution in [0, 0.1) is 27.6 Å². The molecule has 2 aromatic carbocycles. The Morgan fingerprint density at radius 3 is 2.48 bits per heavy atom. The summed E-state index contributed by atoms with van der Waals surface area (Å²) in [6.07, 6.45) is 0. The minimum atomic E-state index is -1.25. The molecular formula is C13H8BrF3N2O2. The molecule has 0 radical (unpaired) electrons. The van der Waals surface area contributed by atoms with Crippen molar-refractivity contribution in [3.05, 3.63) is 67.9 Å². The zero-order valence-electron chi connectivity index (χ0n) is 10.4. The third-order valence-electron chi connectivity index (χ3n) is 2.71. The van der Waals surface area contributed by atoms with E-state index in [0.29, 0.717) is 10.5 Å². The van der Waals surface area contributed by atoms with Crippen molar-refractivity contribution in [3.8, 4) is 0 Å². The van der Waals surface area contributed by atoms with Gasteiger partial charge in [-0.25, -0.2) is 8.78 Å². The normalized spacial score (nSPS) is 10.5. The van der Waals surface area contributed by atoms with E-state index in [1.807, 2.05) is 0 Å². The Morgan fingerprint density at radius 1 is 1.10 bits per heavy atom. The number of nitro groups is 1. The zero-order valence-corrected chi connectivity index (χ0v) is 12.0. The van der Waals surface area contributed by atoms with E-state index in [2.05, 4.69) is 21.2 Å². The second-order valence-electron chi connectivity index (χ2n) is 4.13. The SMILES string of the molecule is O=[N+]([O-])c1cc(CNc2cc(Br)ccc2F)c(F)cc1F. The van der Waals surface area contributed by atoms with Gasteiger partial charge in [0.25, 0.3) is 0 Å². The first kappa shape index (κ1) is 15.3. The van der Waals surface area contributed by atoms with Crippen molar-refractivity contribution < 1.29 is 18.1 Å². The molecule has 0 unspecified atom stereocenters. The highest BCUT2D eigenvalue weighted by molar-refractivity contribution is 9.10. The van der Waals surface area contributed by atoms with Gasteiger partial charge in [-0.1, -0.05) is 15.9 Å². The van der Waals surface area contributed by atoms with Gasteiger partial charge in [0.05, 0.1) is 10.6 Å². The number of hydrogen-bond acceptors (Lipinski definition) is 3. The molecule has 0 saturated heterocycles. The van der Waals surface area contributed by atoms with Crippen molar-refractivity contribution >= 4 is 27.3 Å². The average Bonchev–Trinajstić information content (AvgIpc) is 2.41. The molecule has 2 rings (SSSR count). The van der Waals surface area contributed by atoms with Crippen molar-refractivity contribution in [1.29, 1.82) is 0 Å². The Balaban J connectivity index is 2.25. The second kappa shape index (κ2) is 6.13. The van der Waals surface area contributed by atoms with E-state index in [-0.39, 0.29) is 17.8 Å². The molecule has 4 nitrogen and oxygen atoms in total. The van der Waals surface area contributed by atoms with Crippen LogP contribution >= 0.6 is 15.9 Å². The summed E-state index contributed by atoms with van der Waals surface area (Å²) < 4.78 is 40.9. The monoisotopic (exact) mass is 360 g/mol. The van der Waals surface area contributed by atoms with Gasteiger partial charge in [-0.2, -0.15) is 4.39 Å². The molecule has 0 saturated carbocycles. The Morgan fingerprint density at radius 2 is 1.81 bits per heavy atom. The number of rotatable bonds is 4. The maximum atomic E-state index is 13.6. The zero-order chi connectivity index (χ0) is 15.6. The fraction of sp³-hybridized carbons (Fsp3) is 0.0769. The smallest absolute Gasteiger partial charge is 0.305 e. The van der Waals surface area contributed by atoms with Gasteiger partial charge in [-0.15, -0.1) is 0 Å². The van der Waals surface area contributed by atoms with Crippen LogP contribution in [0.5, 0.6) is 0 Å². The highest BCUT2D eigenvalue weighted by Gasteiger charge is 2.18. The summed E-state index contributed by atoms with van der Waals surface area (Å²) in [7, 11) is 0. The largest absolute Gasteiger partial charge is 0.378 e. The van der Waals surface area contributed by atoms with E-state index in [1.54, 1.807) is 0 Å². The first-order valence-corrected chi connectivity index (χ1v) is 6.49. The molecule has 1 N–H and O–H groups in total. The average molecular weight is 361 g/mol. The van der Waals surface area contributed by atoms with Gasteiger partial charge < -0.3 is 5.32 Å². The molecule has 0 atom stereocenters. The number of nitro benzene ring substituents is 1. The summed E-state index contributed by atoms with van der Waals surface area (Å²) >= 11 is 3.16. The van der Waals surface area contributed by atoms with E-state index >= 15 is 0 Å². The minimum Gasteiger partial charge on any atom is -0.378 e. The van der Waals surface area contributed by atoms with Crippen LogP contribution in [0.4, 0.5) is 24.5 Å². The number of benzene rings is 2. The van der Waals surface area contributed by atoms with Gasteiger partial charge in [0, 0.05) is 28.7 Å². The Bertz CT molecular complexity index is 710. The minimum absolute atomic E-state index is 0.0933. The van der Waals surface area contributed by atoms with Crippen molar-refractivity contribution in [3.63, 3.8) is 0 Å². The Kier molecular flexibility index (Phi) is 4.46. The number of halogens is 4. The number of hydrogen-bond donors (Lipinski definition) is 1. The molecule has 0 aliphatic heterocycles. The van der Waals surface area contributed by atoms with Crippen LogP contribution in [0.3, 0.4) is 0 Å². The molecule has 0 aromatic heterocycles. The lowest BCUT2D eigenvalue weighted by atomic mass is 10.1. The Labute approximate surface area is 125 Å². The van der Waals surface area contributed by atoms with Gasteiger partial charge >= 0.3 is 5.69 Å². The van der Waals surface area contributed by atoms with Crippen LogP contribution in [0.1, 0.15) is 5.56 Å². The summed E-state index contributed by atoms with van der Waals surface area (Å²) in [6, 6.07) is 5.35. The van der Waals surface area contributed by atoms with Gasteiger partial charge in [0.2, 0.25) is 5.82 Å². The van der Waals surface area contributed by atoms with E-state index in [4.69, 9.17) is 0 Å². The number of anilines is 1. The molecular weight excluding hydrogens is 353 g/mol. The Hall–Kier alpha value is -2.09. The van der Waals surface area contributed by atoms with Gasteiger partial charge in [0.15, 0.2) is 0 Å². The molecule has 0 aliphatic rings. The third kappa shape index (κ3) is 3.52. The second-order valence-corrected chi connectivity index (χ2v) is 5.05. The van der Waals surface area contributed by atoms with Crippen LogP contribution in [0.2, 0.25) is 0 Å². The summed E-state index contributed by atoms with van der Waals surface area (Å²) in [5.41, 5.74) is -0.874. The lowest BCUT2D eigenvalue weighted by molar-refractivity contribution is -0.387. The molecule has 0 aliphatic carbocycles. The van der Waals surface area contributed by atoms with Crippen molar-refractivity contribution in [2.24, 2.45) is 0 Å². The van der Waals surface area contributed by atoms with Crippen molar-refractivity contribution in [1.82, 2.24) is 0 Å². The molecule has 21 heavy (non-hydrogen) atoms. The van der Waals surface area contributed by atoms with Crippen LogP contribution in [-0.4, -0.2) is 4.92 Å². The lowest BCUT2D eigenvalue weighted by Gasteiger charge is -2.09. The molecule has 0 amide bonds. The molecule has 0 heterocycles. The van der Waals surface area contributed by atoms with Gasteiger partial charge in [-0.05, 0) is 18.2 Å². The first-order chi connectivity index (χ1) is 9.88. The quantitative estimate of drug-likeness (QED) is 0.649. The van der Waals surface area contributed by atoms with Crippen molar-refractivity contribution in [2.75, 3.05) is 5.32 Å². The molecule has 0 spiro atoms. The third-order valence-corrected chi connectivity index (χ3v) is 3.20. The predicted octanol–water partition coefficient (Wildman–Crippen LogP) is 4.39. The van der Waals surface area contributed by atoms with Crippen LogP contribution < -0.4 is 5.32 Å². The lowest BCUT2D eigenvalue weighted by Crippen LogP contribution is -2.05. The fourth-order valence-corrected chi connectivity index (χ4v) is 2.04. The van der Waals surface area contributed by atoms with E-state index in [0.717, 1.165) is 6.07 Å². The molecule has 0 bridgehead atoms. The number of nitrogens with zero attached hydrogens (tertiary/aromatic N) is 1. The molecule has 8 heteroatoms. The molecule has 0 fully saturated rings. The molecule has 110 valence electrons. The summed E-state index contributed by atoms with van der Waals surface area (Å²) in [4.78, 5) is 9.67. The van der Waals surface area contributed by atoms with E-state index < -0.39 is 28.1 Å². The predicted molar refractivity (Wildman–Crippen MR) is 74.4 cm³/mol. The first-order valence-electron chi connectivity index (χ1n) is 5.69. The van der Waals surface area contributed by atoms with Crippen molar-refractivity contribution in [2.45, 2.75) is 6.54 Å². The van der Waals surface area contributed by atoms with Crippen LogP contribution in [-0.2, 0) is 6.54 Å². The van der Waals surface area contributed by atoms with E-state index in [1.165, 1.54) is 18.2 Å². The van der Waals surface area contributed by atoms with Crippen LogP contribution in [0.15, 0.2) is 34.8 Å². The van der Waals surface area contributed by atoms with Gasteiger partial charge in [0.1, 0.15) is 11.6 Å². The summed E-state index contributed by atoms with van der Waals surface area (Å²) in [5, 5.41) is 13.2. The van der Waals surface area contributed by atoms with E-state index in [9.17, 15) is 23.3 Å². The number of nitrogens with one attached hydrogen (secondary N) is 1. The maximum Gasteiger partial charge on any atom is 0.305 e. The molecule has 2 aromatic rings. The highest BCUT2D eigenvalue weighted by Crippen LogP contribution is 2.24. The van der Waals surface area contributed by atoms with Crippen LogP contribution in [0.25, 0.3) is 0 Å².